The van der Waals surface area contributed by atoms with Gasteiger partial charge in [0.2, 0.25) is 5.91 Å². The van der Waals surface area contributed by atoms with Crippen molar-refractivity contribution in [1.29, 1.82) is 0 Å². The lowest BCUT2D eigenvalue weighted by Crippen LogP contribution is -2.63. The van der Waals surface area contributed by atoms with Crippen LogP contribution in [0.4, 0.5) is 0 Å². The summed E-state index contributed by atoms with van der Waals surface area (Å²) in [7, 11) is 0. The second kappa shape index (κ2) is 10.0. The minimum Gasteiger partial charge on any atom is -0.461 e. The van der Waals surface area contributed by atoms with Gasteiger partial charge in [-0.1, -0.05) is 33.8 Å². The van der Waals surface area contributed by atoms with Crippen molar-refractivity contribution < 1.29 is 24.2 Å². The number of carbonyl (C=O) groups excluding carboxylic acids is 3. The molecule has 8 heteroatoms. The van der Waals surface area contributed by atoms with Crippen molar-refractivity contribution in [2.24, 2.45) is 34.0 Å². The molecule has 0 aromatic rings. The third-order valence-corrected chi connectivity index (χ3v) is 11.0. The standard InChI is InChI=1S/C28H43ClN2O5/c1-6-26(4)15-21(36-23(34)17-30-11-13-31(14-12-30)22(33)16-29)27(5)18(2)7-9-28(19(3)25(26)35)10-8-20(32)24(27)28/h6,18-19,21,24-25,35H,1,7-17H2,2-5H3/t18-,19+,21-,24+,25+,26-,27+,28+/m1/s1. The van der Waals surface area contributed by atoms with Crippen molar-refractivity contribution in [2.75, 3.05) is 38.6 Å². The normalized spacial score (nSPS) is 43.3. The number of ketones is 1. The maximum absolute atomic E-state index is 13.5. The fourth-order valence-corrected chi connectivity index (χ4v) is 8.29. The van der Waals surface area contributed by atoms with E-state index in [0.717, 1.165) is 19.3 Å². The number of rotatable bonds is 5. The van der Waals surface area contributed by atoms with Gasteiger partial charge in [0.15, 0.2) is 0 Å². The summed E-state index contributed by atoms with van der Waals surface area (Å²) in [6.45, 7) is 14.9. The van der Waals surface area contributed by atoms with Gasteiger partial charge in [-0.05, 0) is 42.9 Å². The first-order valence-corrected chi connectivity index (χ1v) is 14.1. The van der Waals surface area contributed by atoms with E-state index in [1.807, 2.05) is 17.9 Å². The Morgan fingerprint density at radius 1 is 1.19 bits per heavy atom. The molecule has 1 aliphatic heterocycles. The van der Waals surface area contributed by atoms with Crippen LogP contribution in [0.1, 0.15) is 59.8 Å². The third-order valence-electron chi connectivity index (χ3n) is 10.8. The Morgan fingerprint density at radius 3 is 2.47 bits per heavy atom. The maximum Gasteiger partial charge on any atom is 0.320 e. The molecule has 7 nitrogen and oxygen atoms in total. The maximum atomic E-state index is 13.5. The first kappa shape index (κ1) is 27.6. The van der Waals surface area contributed by atoms with E-state index in [1.54, 1.807) is 4.90 Å². The molecule has 1 heterocycles. The Balaban J connectivity index is 1.60. The predicted octanol–water partition coefficient (Wildman–Crippen LogP) is 3.28. The highest BCUT2D eigenvalue weighted by atomic mass is 35.5. The first-order valence-electron chi connectivity index (χ1n) is 13.5. The highest BCUT2D eigenvalue weighted by Gasteiger charge is 2.68. The summed E-state index contributed by atoms with van der Waals surface area (Å²) >= 11 is 5.68. The number of halogens is 1. The highest BCUT2D eigenvalue weighted by Crippen LogP contribution is 2.67. The average molecular weight is 523 g/mol. The number of hydrogen-bond donors (Lipinski definition) is 1. The van der Waals surface area contributed by atoms with Crippen molar-refractivity contribution in [2.45, 2.75) is 72.0 Å². The monoisotopic (exact) mass is 522 g/mol. The lowest BCUT2D eigenvalue weighted by molar-refractivity contribution is -0.207. The number of Topliss-reactive ketones (excluding diaryl/α,β-unsaturated/α-hetero) is 1. The molecular formula is C28H43ClN2O5. The molecule has 0 aromatic carbocycles. The fraction of sp³-hybridized carbons (Fsp3) is 0.821. The number of carbonyl (C=O) groups is 3. The Hall–Kier alpha value is -1.44. The van der Waals surface area contributed by atoms with E-state index in [-0.39, 0.29) is 53.3 Å². The minimum absolute atomic E-state index is 0.0333. The molecule has 2 bridgehead atoms. The molecule has 202 valence electrons. The van der Waals surface area contributed by atoms with Crippen LogP contribution in [0.2, 0.25) is 0 Å². The Labute approximate surface area is 220 Å². The fourth-order valence-electron chi connectivity index (χ4n) is 8.12. The van der Waals surface area contributed by atoms with Crippen molar-refractivity contribution >= 4 is 29.3 Å². The highest BCUT2D eigenvalue weighted by molar-refractivity contribution is 6.27. The van der Waals surface area contributed by atoms with Crippen LogP contribution in [-0.4, -0.2) is 83.4 Å². The Bertz CT molecular complexity index is 904. The molecule has 1 amide bonds. The molecule has 0 unspecified atom stereocenters. The number of hydrogen-bond acceptors (Lipinski definition) is 6. The molecule has 1 saturated heterocycles. The van der Waals surface area contributed by atoms with Gasteiger partial charge >= 0.3 is 5.97 Å². The molecule has 0 radical (unpaired) electrons. The van der Waals surface area contributed by atoms with Crippen molar-refractivity contribution in [3.05, 3.63) is 12.7 Å². The van der Waals surface area contributed by atoms with Crippen LogP contribution < -0.4 is 0 Å². The number of amides is 1. The summed E-state index contributed by atoms with van der Waals surface area (Å²) in [6.07, 6.45) is 4.26. The number of aliphatic hydroxyl groups is 1. The third kappa shape index (κ3) is 4.33. The Kier molecular flexibility index (Phi) is 7.69. The van der Waals surface area contributed by atoms with E-state index in [0.29, 0.717) is 39.0 Å². The summed E-state index contributed by atoms with van der Waals surface area (Å²) in [5.41, 5.74) is -1.43. The number of ether oxygens (including phenoxy) is 1. The van der Waals surface area contributed by atoms with Gasteiger partial charge in [-0.25, -0.2) is 0 Å². The molecule has 36 heavy (non-hydrogen) atoms. The average Bonchev–Trinajstić information content (AvgIpc) is 3.22. The zero-order chi connectivity index (χ0) is 26.5. The van der Waals surface area contributed by atoms with Crippen LogP contribution in [0.25, 0.3) is 0 Å². The number of alkyl halides is 1. The van der Waals surface area contributed by atoms with Crippen LogP contribution in [0.5, 0.6) is 0 Å². The topological polar surface area (TPSA) is 87.2 Å². The molecule has 0 spiro atoms. The summed E-state index contributed by atoms with van der Waals surface area (Å²) < 4.78 is 6.32. The predicted molar refractivity (Wildman–Crippen MR) is 138 cm³/mol. The van der Waals surface area contributed by atoms with Crippen LogP contribution >= 0.6 is 11.6 Å². The van der Waals surface area contributed by atoms with Gasteiger partial charge in [0.05, 0.1) is 12.6 Å². The van der Waals surface area contributed by atoms with E-state index in [2.05, 4.69) is 27.4 Å². The van der Waals surface area contributed by atoms with Gasteiger partial charge in [0, 0.05) is 49.3 Å². The molecule has 3 aliphatic carbocycles. The zero-order valence-corrected chi connectivity index (χ0v) is 23.1. The second-order valence-corrected chi connectivity index (χ2v) is 12.6. The second-order valence-electron chi connectivity index (χ2n) is 12.4. The largest absolute Gasteiger partial charge is 0.461 e. The van der Waals surface area contributed by atoms with Crippen molar-refractivity contribution in [1.82, 2.24) is 9.80 Å². The molecule has 4 aliphatic rings. The number of piperazine rings is 1. The molecule has 3 saturated carbocycles. The zero-order valence-electron chi connectivity index (χ0n) is 22.3. The van der Waals surface area contributed by atoms with E-state index < -0.39 is 23.0 Å². The molecule has 0 aromatic heterocycles. The SMILES string of the molecule is C=C[C@]1(C)C[C@@H](OC(=O)CN2CCN(C(=O)CCl)CC2)[C@]2(C)[C@H](C)CC[C@]3(CCC(=O)[C@H]32)[C@@H](C)[C@@H]1O. The van der Waals surface area contributed by atoms with Gasteiger partial charge in [-0.3, -0.25) is 19.3 Å². The molecular weight excluding hydrogens is 480 g/mol. The van der Waals surface area contributed by atoms with Gasteiger partial charge in [0.1, 0.15) is 17.8 Å². The molecule has 1 N–H and O–H groups in total. The van der Waals surface area contributed by atoms with Crippen LogP contribution in [0, 0.1) is 34.0 Å². The lowest BCUT2D eigenvalue weighted by Gasteiger charge is -2.61. The van der Waals surface area contributed by atoms with Crippen molar-refractivity contribution in [3.8, 4) is 0 Å². The van der Waals surface area contributed by atoms with E-state index in [9.17, 15) is 19.5 Å². The molecule has 8 atom stereocenters. The molecule has 4 fully saturated rings. The van der Waals surface area contributed by atoms with E-state index in [1.165, 1.54) is 0 Å². The summed E-state index contributed by atoms with van der Waals surface area (Å²) in [6, 6.07) is 0. The summed E-state index contributed by atoms with van der Waals surface area (Å²) in [5.74, 6) is -0.254. The lowest BCUT2D eigenvalue weighted by atomic mass is 9.44. The number of esters is 1. The van der Waals surface area contributed by atoms with Gasteiger partial charge in [-0.2, -0.15) is 0 Å². The first-order chi connectivity index (χ1) is 16.9. The van der Waals surface area contributed by atoms with Gasteiger partial charge in [0.25, 0.3) is 0 Å². The summed E-state index contributed by atoms with van der Waals surface area (Å²) in [5, 5.41) is 11.6. The molecule has 4 rings (SSSR count). The number of aliphatic hydroxyl groups excluding tert-OH is 1. The van der Waals surface area contributed by atoms with E-state index in [4.69, 9.17) is 16.3 Å². The van der Waals surface area contributed by atoms with E-state index >= 15 is 0 Å². The van der Waals surface area contributed by atoms with Crippen LogP contribution in [0.3, 0.4) is 0 Å². The van der Waals surface area contributed by atoms with Crippen molar-refractivity contribution in [3.63, 3.8) is 0 Å². The number of nitrogens with zero attached hydrogens (tertiary/aromatic N) is 2. The van der Waals surface area contributed by atoms with Crippen LogP contribution in [-0.2, 0) is 19.1 Å². The minimum atomic E-state index is -0.671. The summed E-state index contributed by atoms with van der Waals surface area (Å²) in [4.78, 5) is 42.4. The van der Waals surface area contributed by atoms with Gasteiger partial charge in [-0.15, -0.1) is 18.2 Å². The van der Waals surface area contributed by atoms with Gasteiger partial charge < -0.3 is 14.7 Å². The Morgan fingerprint density at radius 2 is 1.86 bits per heavy atom. The smallest absolute Gasteiger partial charge is 0.320 e. The quantitative estimate of drug-likeness (QED) is 0.339. The van der Waals surface area contributed by atoms with Crippen LogP contribution in [0.15, 0.2) is 12.7 Å².